The van der Waals surface area contributed by atoms with Crippen LogP contribution in [-0.4, -0.2) is 53.6 Å². The molecule has 0 radical (unpaired) electrons. The zero-order valence-electron chi connectivity index (χ0n) is 12.1. The molecule has 116 valence electrons. The first-order valence-electron chi connectivity index (χ1n) is 7.01. The fourth-order valence-corrected chi connectivity index (χ4v) is 3.32. The van der Waals surface area contributed by atoms with Gasteiger partial charge in [0.05, 0.1) is 31.2 Å². The molecule has 0 unspecified atom stereocenters. The summed E-state index contributed by atoms with van der Waals surface area (Å²) >= 11 is 0. The van der Waals surface area contributed by atoms with Crippen LogP contribution in [0.4, 0.5) is 0 Å². The van der Waals surface area contributed by atoms with Gasteiger partial charge >= 0.3 is 0 Å². The molecule has 1 fully saturated rings. The number of rotatable bonds is 6. The summed E-state index contributed by atoms with van der Waals surface area (Å²) in [6.45, 7) is 5.78. The minimum absolute atomic E-state index is 0.132. The van der Waals surface area contributed by atoms with Crippen molar-refractivity contribution in [2.75, 3.05) is 39.4 Å². The van der Waals surface area contributed by atoms with Crippen molar-refractivity contribution in [1.82, 2.24) is 4.72 Å². The molecule has 1 aromatic carbocycles. The van der Waals surface area contributed by atoms with E-state index in [9.17, 15) is 13.2 Å². The molecule has 6 nitrogen and oxygen atoms in total. The van der Waals surface area contributed by atoms with Gasteiger partial charge in [0.1, 0.15) is 13.1 Å². The van der Waals surface area contributed by atoms with Crippen molar-refractivity contribution in [2.45, 2.75) is 11.8 Å². The van der Waals surface area contributed by atoms with Crippen molar-refractivity contribution >= 4 is 15.8 Å². The van der Waals surface area contributed by atoms with Crippen LogP contribution in [0.25, 0.3) is 0 Å². The SMILES string of the molecule is CC(=O)c1cccc(S(=O)(=O)NCC[NH+]2CCOCC2)c1. The molecule has 1 aromatic rings. The number of morpholine rings is 1. The predicted molar refractivity (Wildman–Crippen MR) is 78.0 cm³/mol. The number of ketones is 1. The second-order valence-electron chi connectivity index (χ2n) is 5.09. The van der Waals surface area contributed by atoms with Crippen molar-refractivity contribution in [1.29, 1.82) is 0 Å². The van der Waals surface area contributed by atoms with Crippen LogP contribution >= 0.6 is 0 Å². The third-order valence-electron chi connectivity index (χ3n) is 3.52. The van der Waals surface area contributed by atoms with E-state index in [4.69, 9.17) is 4.74 Å². The molecule has 21 heavy (non-hydrogen) atoms. The molecule has 0 atom stereocenters. The third-order valence-corrected chi connectivity index (χ3v) is 4.98. The van der Waals surface area contributed by atoms with Crippen molar-refractivity contribution in [2.24, 2.45) is 0 Å². The molecule has 2 N–H and O–H groups in total. The number of sulfonamides is 1. The van der Waals surface area contributed by atoms with Gasteiger partial charge in [-0.05, 0) is 19.1 Å². The van der Waals surface area contributed by atoms with Gasteiger partial charge in [0.25, 0.3) is 0 Å². The van der Waals surface area contributed by atoms with E-state index >= 15 is 0 Å². The Bertz CT molecular complexity index is 595. The van der Waals surface area contributed by atoms with Gasteiger partial charge in [0.2, 0.25) is 10.0 Å². The largest absolute Gasteiger partial charge is 0.370 e. The Balaban J connectivity index is 1.94. The van der Waals surface area contributed by atoms with Crippen molar-refractivity contribution < 1.29 is 22.8 Å². The van der Waals surface area contributed by atoms with Gasteiger partial charge < -0.3 is 9.64 Å². The number of hydrogen-bond acceptors (Lipinski definition) is 4. The van der Waals surface area contributed by atoms with E-state index in [1.807, 2.05) is 0 Å². The van der Waals surface area contributed by atoms with Crippen LogP contribution in [0.1, 0.15) is 17.3 Å². The average Bonchev–Trinajstić information content (AvgIpc) is 2.48. The maximum Gasteiger partial charge on any atom is 0.240 e. The van der Waals surface area contributed by atoms with Crippen molar-refractivity contribution in [3.05, 3.63) is 29.8 Å². The Morgan fingerprint density at radius 1 is 1.33 bits per heavy atom. The highest BCUT2D eigenvalue weighted by atomic mass is 32.2. The summed E-state index contributed by atoms with van der Waals surface area (Å²) in [5.41, 5.74) is 0.400. The number of carbonyl (C=O) groups excluding carboxylic acids is 1. The Morgan fingerprint density at radius 3 is 2.71 bits per heavy atom. The molecule has 0 bridgehead atoms. The quantitative estimate of drug-likeness (QED) is 0.666. The molecule has 7 heteroatoms. The summed E-state index contributed by atoms with van der Waals surface area (Å²) in [6.07, 6.45) is 0. The molecule has 0 aromatic heterocycles. The molecule has 0 amide bonds. The Morgan fingerprint density at radius 2 is 2.05 bits per heavy atom. The molecular weight excluding hydrogens is 292 g/mol. The van der Waals surface area contributed by atoms with E-state index < -0.39 is 10.0 Å². The van der Waals surface area contributed by atoms with Gasteiger partial charge in [-0.3, -0.25) is 4.79 Å². The van der Waals surface area contributed by atoms with E-state index in [2.05, 4.69) is 4.72 Å². The zero-order valence-corrected chi connectivity index (χ0v) is 12.9. The molecule has 0 aliphatic carbocycles. The molecule has 0 spiro atoms. The normalized spacial score (nSPS) is 16.8. The highest BCUT2D eigenvalue weighted by Crippen LogP contribution is 2.11. The summed E-state index contributed by atoms with van der Waals surface area (Å²) < 4.78 is 32.2. The van der Waals surface area contributed by atoms with Gasteiger partial charge in [-0.25, -0.2) is 13.1 Å². The van der Waals surface area contributed by atoms with Gasteiger partial charge in [0.15, 0.2) is 5.78 Å². The van der Waals surface area contributed by atoms with E-state index in [0.717, 1.165) is 32.8 Å². The standard InChI is InChI=1S/C14H20N2O4S/c1-12(17)13-3-2-4-14(11-13)21(18,19)15-5-6-16-7-9-20-10-8-16/h2-4,11,15H,5-10H2,1H3/p+1. The molecule has 1 heterocycles. The van der Waals surface area contributed by atoms with Crippen molar-refractivity contribution in [3.8, 4) is 0 Å². The fraction of sp³-hybridized carbons (Fsp3) is 0.500. The lowest BCUT2D eigenvalue weighted by Crippen LogP contribution is -3.14. The monoisotopic (exact) mass is 313 g/mol. The first-order valence-corrected chi connectivity index (χ1v) is 8.49. The summed E-state index contributed by atoms with van der Waals surface area (Å²) in [4.78, 5) is 12.8. The van der Waals surface area contributed by atoms with Gasteiger partial charge in [-0.2, -0.15) is 0 Å². The third kappa shape index (κ3) is 4.60. The Labute approximate surface area is 125 Å². The lowest BCUT2D eigenvalue weighted by atomic mass is 10.2. The Hall–Kier alpha value is -1.28. The summed E-state index contributed by atoms with van der Waals surface area (Å²) in [5, 5.41) is 0. The molecule has 1 aliphatic rings. The molecule has 1 aliphatic heterocycles. The lowest BCUT2D eigenvalue weighted by molar-refractivity contribution is -0.906. The van der Waals surface area contributed by atoms with Crippen molar-refractivity contribution in [3.63, 3.8) is 0 Å². The van der Waals surface area contributed by atoms with Crippen LogP contribution in [0.15, 0.2) is 29.2 Å². The highest BCUT2D eigenvalue weighted by Gasteiger charge is 2.17. The first kappa shape index (κ1) is 16.1. The van der Waals surface area contributed by atoms with Crippen LogP contribution < -0.4 is 9.62 Å². The van der Waals surface area contributed by atoms with Crippen LogP contribution in [0.2, 0.25) is 0 Å². The van der Waals surface area contributed by atoms with E-state index in [1.165, 1.54) is 24.0 Å². The number of quaternary nitrogens is 1. The number of Topliss-reactive ketones (excluding diaryl/α,β-unsaturated/α-hetero) is 1. The maximum absolute atomic E-state index is 12.2. The summed E-state index contributed by atoms with van der Waals surface area (Å²) in [5.74, 6) is -0.148. The minimum atomic E-state index is -3.56. The topological polar surface area (TPSA) is 76.9 Å². The van der Waals surface area contributed by atoms with Crippen LogP contribution in [0, 0.1) is 0 Å². The van der Waals surface area contributed by atoms with Gasteiger partial charge in [-0.1, -0.05) is 12.1 Å². The molecule has 1 saturated heterocycles. The maximum atomic E-state index is 12.2. The van der Waals surface area contributed by atoms with Crippen LogP contribution in [-0.2, 0) is 14.8 Å². The molecular formula is C14H21N2O4S+. The van der Waals surface area contributed by atoms with E-state index in [-0.39, 0.29) is 10.7 Å². The molecule has 0 saturated carbocycles. The minimum Gasteiger partial charge on any atom is -0.370 e. The lowest BCUT2D eigenvalue weighted by Gasteiger charge is -2.23. The first-order chi connectivity index (χ1) is 9.99. The van der Waals surface area contributed by atoms with Crippen LogP contribution in [0.3, 0.4) is 0 Å². The predicted octanol–water partition coefficient (Wildman–Crippen LogP) is -0.917. The smallest absolute Gasteiger partial charge is 0.240 e. The number of nitrogens with one attached hydrogen (secondary N) is 2. The second-order valence-corrected chi connectivity index (χ2v) is 6.86. The number of benzene rings is 1. The number of ether oxygens (including phenoxy) is 1. The second kappa shape index (κ2) is 7.13. The highest BCUT2D eigenvalue weighted by molar-refractivity contribution is 7.89. The Kier molecular flexibility index (Phi) is 5.46. The van der Waals surface area contributed by atoms with Gasteiger partial charge in [0, 0.05) is 5.56 Å². The summed E-state index contributed by atoms with van der Waals surface area (Å²) in [7, 11) is -3.56. The summed E-state index contributed by atoms with van der Waals surface area (Å²) in [6, 6.07) is 6.10. The van der Waals surface area contributed by atoms with Crippen LogP contribution in [0.5, 0.6) is 0 Å². The van der Waals surface area contributed by atoms with E-state index in [1.54, 1.807) is 12.1 Å². The molecule has 2 rings (SSSR count). The fourth-order valence-electron chi connectivity index (χ4n) is 2.24. The zero-order chi connectivity index (χ0) is 15.3. The van der Waals surface area contributed by atoms with E-state index in [0.29, 0.717) is 12.1 Å². The number of hydrogen-bond donors (Lipinski definition) is 2. The van der Waals surface area contributed by atoms with Gasteiger partial charge in [-0.15, -0.1) is 0 Å². The average molecular weight is 313 g/mol. The number of carbonyl (C=O) groups is 1.